The minimum absolute atomic E-state index is 0.121. The number of nitrogens with zero attached hydrogens (tertiary/aromatic N) is 1. The number of methoxy groups -OCH3 is 1. The van der Waals surface area contributed by atoms with Gasteiger partial charge >= 0.3 is 0 Å². The van der Waals surface area contributed by atoms with Gasteiger partial charge in [0.05, 0.1) is 24.8 Å². The SMILES string of the molecule is CCOc1ccc(CNC(=O)c2cc(C)nc3ccc(C)cc23)cc1OC. The first-order valence-electron chi connectivity index (χ1n) is 8.97. The van der Waals surface area contributed by atoms with Crippen LogP contribution in [0.25, 0.3) is 10.9 Å². The molecule has 0 saturated heterocycles. The first kappa shape index (κ1) is 18.7. The van der Waals surface area contributed by atoms with E-state index in [9.17, 15) is 4.79 Å². The van der Waals surface area contributed by atoms with Gasteiger partial charge in [-0.3, -0.25) is 9.78 Å². The number of ether oxygens (including phenoxy) is 2. The molecule has 0 atom stereocenters. The third-order valence-corrected chi connectivity index (χ3v) is 4.32. The predicted molar refractivity (Wildman–Crippen MR) is 107 cm³/mol. The number of amides is 1. The van der Waals surface area contributed by atoms with Crippen molar-refractivity contribution in [1.82, 2.24) is 10.3 Å². The van der Waals surface area contributed by atoms with Crippen LogP contribution in [0.15, 0.2) is 42.5 Å². The number of hydrogen-bond donors (Lipinski definition) is 1. The zero-order valence-corrected chi connectivity index (χ0v) is 16.1. The molecular weight excluding hydrogens is 340 g/mol. The normalized spacial score (nSPS) is 10.7. The van der Waals surface area contributed by atoms with Crippen LogP contribution >= 0.6 is 0 Å². The molecule has 3 aromatic rings. The maximum atomic E-state index is 12.8. The zero-order chi connectivity index (χ0) is 19.4. The van der Waals surface area contributed by atoms with E-state index in [-0.39, 0.29) is 5.91 Å². The van der Waals surface area contributed by atoms with E-state index in [1.165, 1.54) is 0 Å². The average Bonchev–Trinajstić information content (AvgIpc) is 2.66. The van der Waals surface area contributed by atoms with E-state index in [1.54, 1.807) is 7.11 Å². The van der Waals surface area contributed by atoms with Gasteiger partial charge in [-0.15, -0.1) is 0 Å². The summed E-state index contributed by atoms with van der Waals surface area (Å²) in [4.78, 5) is 17.3. The number of fused-ring (bicyclic) bond motifs is 1. The van der Waals surface area contributed by atoms with Gasteiger partial charge in [-0.25, -0.2) is 0 Å². The Morgan fingerprint density at radius 1 is 1.07 bits per heavy atom. The fraction of sp³-hybridized carbons (Fsp3) is 0.273. The average molecular weight is 364 g/mol. The molecule has 1 heterocycles. The van der Waals surface area contributed by atoms with Crippen LogP contribution < -0.4 is 14.8 Å². The fourth-order valence-corrected chi connectivity index (χ4v) is 3.03. The van der Waals surface area contributed by atoms with Gasteiger partial charge in [0, 0.05) is 17.6 Å². The van der Waals surface area contributed by atoms with Crippen LogP contribution in [0, 0.1) is 13.8 Å². The summed E-state index contributed by atoms with van der Waals surface area (Å²) in [5, 5.41) is 3.86. The fourth-order valence-electron chi connectivity index (χ4n) is 3.03. The first-order valence-corrected chi connectivity index (χ1v) is 8.97. The second-order valence-corrected chi connectivity index (χ2v) is 6.43. The number of carbonyl (C=O) groups is 1. The van der Waals surface area contributed by atoms with Gasteiger partial charge in [-0.05, 0) is 56.7 Å². The number of aromatic nitrogens is 1. The van der Waals surface area contributed by atoms with Crippen LogP contribution in [-0.4, -0.2) is 24.6 Å². The van der Waals surface area contributed by atoms with E-state index < -0.39 is 0 Å². The number of benzene rings is 2. The van der Waals surface area contributed by atoms with Crippen molar-refractivity contribution in [2.75, 3.05) is 13.7 Å². The summed E-state index contributed by atoms with van der Waals surface area (Å²) in [5.74, 6) is 1.23. The topological polar surface area (TPSA) is 60.5 Å². The van der Waals surface area contributed by atoms with Gasteiger partial charge in [0.2, 0.25) is 0 Å². The largest absolute Gasteiger partial charge is 0.493 e. The van der Waals surface area contributed by atoms with Gasteiger partial charge < -0.3 is 14.8 Å². The summed E-state index contributed by atoms with van der Waals surface area (Å²) in [5.41, 5.74) is 4.32. The van der Waals surface area contributed by atoms with Crippen molar-refractivity contribution in [1.29, 1.82) is 0 Å². The highest BCUT2D eigenvalue weighted by Crippen LogP contribution is 2.28. The molecule has 27 heavy (non-hydrogen) atoms. The van der Waals surface area contributed by atoms with Crippen LogP contribution in [0.3, 0.4) is 0 Å². The van der Waals surface area contributed by atoms with Crippen molar-refractivity contribution >= 4 is 16.8 Å². The van der Waals surface area contributed by atoms with E-state index in [0.717, 1.165) is 27.7 Å². The highest BCUT2D eigenvalue weighted by molar-refractivity contribution is 6.06. The Kier molecular flexibility index (Phi) is 5.60. The van der Waals surface area contributed by atoms with Gasteiger partial charge in [0.1, 0.15) is 0 Å². The highest BCUT2D eigenvalue weighted by Gasteiger charge is 2.13. The molecule has 1 aromatic heterocycles. The monoisotopic (exact) mass is 364 g/mol. The number of carbonyl (C=O) groups excluding carboxylic acids is 1. The number of aryl methyl sites for hydroxylation is 2. The first-order chi connectivity index (χ1) is 13.0. The molecule has 0 aliphatic heterocycles. The number of hydrogen-bond acceptors (Lipinski definition) is 4. The quantitative estimate of drug-likeness (QED) is 0.712. The minimum Gasteiger partial charge on any atom is -0.493 e. The predicted octanol–water partition coefficient (Wildman–Crippen LogP) is 4.19. The summed E-state index contributed by atoms with van der Waals surface area (Å²) in [6.07, 6.45) is 0. The van der Waals surface area contributed by atoms with E-state index >= 15 is 0 Å². The second kappa shape index (κ2) is 8.08. The number of rotatable bonds is 6. The summed E-state index contributed by atoms with van der Waals surface area (Å²) in [6, 6.07) is 13.4. The smallest absolute Gasteiger partial charge is 0.252 e. The summed E-state index contributed by atoms with van der Waals surface area (Å²) in [7, 11) is 1.61. The van der Waals surface area contributed by atoms with Crippen molar-refractivity contribution in [3.8, 4) is 11.5 Å². The molecule has 0 spiro atoms. The minimum atomic E-state index is -0.121. The van der Waals surface area contributed by atoms with E-state index in [1.807, 2.05) is 63.2 Å². The lowest BCUT2D eigenvalue weighted by molar-refractivity contribution is 0.0952. The molecule has 3 rings (SSSR count). The van der Waals surface area contributed by atoms with Gasteiger partial charge in [-0.1, -0.05) is 17.7 Å². The molecule has 0 unspecified atom stereocenters. The van der Waals surface area contributed by atoms with Crippen LogP contribution in [0.2, 0.25) is 0 Å². The van der Waals surface area contributed by atoms with Crippen molar-refractivity contribution in [2.24, 2.45) is 0 Å². The lowest BCUT2D eigenvalue weighted by Crippen LogP contribution is -2.23. The number of pyridine rings is 1. The number of nitrogens with one attached hydrogen (secondary N) is 1. The molecule has 0 aliphatic carbocycles. The molecule has 5 nitrogen and oxygen atoms in total. The van der Waals surface area contributed by atoms with Gasteiger partial charge in [0.15, 0.2) is 11.5 Å². The third-order valence-electron chi connectivity index (χ3n) is 4.32. The van der Waals surface area contributed by atoms with Crippen LogP contribution in [0.4, 0.5) is 0 Å². The Balaban J connectivity index is 1.82. The summed E-state index contributed by atoms with van der Waals surface area (Å²) in [6.45, 7) is 6.80. The highest BCUT2D eigenvalue weighted by atomic mass is 16.5. The van der Waals surface area contributed by atoms with E-state index in [0.29, 0.717) is 30.2 Å². The van der Waals surface area contributed by atoms with Gasteiger partial charge in [-0.2, -0.15) is 0 Å². The molecule has 0 saturated carbocycles. The van der Waals surface area contributed by atoms with Crippen LogP contribution in [0.5, 0.6) is 11.5 Å². The molecule has 1 N–H and O–H groups in total. The molecule has 0 radical (unpaired) electrons. The van der Waals surface area contributed by atoms with Crippen LogP contribution in [0.1, 0.15) is 34.1 Å². The Labute approximate surface area is 159 Å². The van der Waals surface area contributed by atoms with Gasteiger partial charge in [0.25, 0.3) is 5.91 Å². The molecule has 0 bridgehead atoms. The summed E-state index contributed by atoms with van der Waals surface area (Å²) >= 11 is 0. The third kappa shape index (κ3) is 4.19. The van der Waals surface area contributed by atoms with Crippen molar-refractivity contribution in [2.45, 2.75) is 27.3 Å². The maximum absolute atomic E-state index is 12.8. The van der Waals surface area contributed by atoms with E-state index in [2.05, 4.69) is 10.3 Å². The Bertz CT molecular complexity index is 983. The van der Waals surface area contributed by atoms with Crippen LogP contribution in [-0.2, 0) is 6.54 Å². The lowest BCUT2D eigenvalue weighted by Gasteiger charge is -2.12. The molecule has 0 aliphatic rings. The molecule has 2 aromatic carbocycles. The maximum Gasteiger partial charge on any atom is 0.252 e. The molecule has 140 valence electrons. The van der Waals surface area contributed by atoms with Crippen molar-refractivity contribution in [3.05, 3.63) is 64.8 Å². The Morgan fingerprint density at radius 3 is 2.63 bits per heavy atom. The van der Waals surface area contributed by atoms with Crippen molar-refractivity contribution < 1.29 is 14.3 Å². The lowest BCUT2D eigenvalue weighted by atomic mass is 10.0. The van der Waals surface area contributed by atoms with E-state index in [4.69, 9.17) is 9.47 Å². The molecular formula is C22H24N2O3. The Hall–Kier alpha value is -3.08. The van der Waals surface area contributed by atoms with Crippen molar-refractivity contribution in [3.63, 3.8) is 0 Å². The molecule has 0 fully saturated rings. The zero-order valence-electron chi connectivity index (χ0n) is 16.1. The Morgan fingerprint density at radius 2 is 1.89 bits per heavy atom. The second-order valence-electron chi connectivity index (χ2n) is 6.43. The molecule has 5 heteroatoms. The summed E-state index contributed by atoms with van der Waals surface area (Å²) < 4.78 is 10.9. The molecule has 1 amide bonds. The standard InChI is InChI=1S/C22H24N2O3/c1-5-27-20-9-7-16(12-21(20)26-4)13-23-22(25)18-11-15(3)24-19-8-6-14(2)10-17(18)19/h6-12H,5,13H2,1-4H3,(H,23,25).